The minimum atomic E-state index is 0.244. The molecule has 0 unspecified atom stereocenters. The Morgan fingerprint density at radius 1 is 0.917 bits per heavy atom. The minimum absolute atomic E-state index is 0.244. The quantitative estimate of drug-likeness (QED) is 0.527. The standard InChI is InChI=1S/C9H21NO2/c1-2-10(7-9-12)6-4-3-5-8-11/h11-12H,2-9H2,1H3. The molecule has 0 saturated carbocycles. The molecule has 12 heavy (non-hydrogen) atoms. The van der Waals surface area contributed by atoms with Gasteiger partial charge in [-0.3, -0.25) is 0 Å². The van der Waals surface area contributed by atoms with Crippen molar-refractivity contribution < 1.29 is 10.2 Å². The number of likely N-dealkylation sites (N-methyl/N-ethyl adjacent to an activating group) is 1. The lowest BCUT2D eigenvalue weighted by molar-refractivity contribution is 0.197. The summed E-state index contributed by atoms with van der Waals surface area (Å²) in [7, 11) is 0. The lowest BCUT2D eigenvalue weighted by Gasteiger charge is -2.18. The SMILES string of the molecule is CCN(CCO)CCCCCO. The third-order valence-corrected chi connectivity index (χ3v) is 2.00. The van der Waals surface area contributed by atoms with Crippen molar-refractivity contribution in [2.45, 2.75) is 26.2 Å². The van der Waals surface area contributed by atoms with Gasteiger partial charge in [-0.2, -0.15) is 0 Å². The van der Waals surface area contributed by atoms with Crippen LogP contribution in [0.4, 0.5) is 0 Å². The minimum Gasteiger partial charge on any atom is -0.396 e. The highest BCUT2D eigenvalue weighted by Crippen LogP contribution is 1.97. The van der Waals surface area contributed by atoms with Crippen molar-refractivity contribution in [1.82, 2.24) is 4.90 Å². The molecule has 0 rings (SSSR count). The Morgan fingerprint density at radius 2 is 1.67 bits per heavy atom. The number of hydrogen-bond acceptors (Lipinski definition) is 3. The maximum atomic E-state index is 8.69. The van der Waals surface area contributed by atoms with E-state index < -0.39 is 0 Å². The average molecular weight is 175 g/mol. The van der Waals surface area contributed by atoms with Crippen LogP contribution in [0, 0.1) is 0 Å². The van der Waals surface area contributed by atoms with Gasteiger partial charge in [-0.05, 0) is 32.4 Å². The van der Waals surface area contributed by atoms with Crippen molar-refractivity contribution in [2.24, 2.45) is 0 Å². The van der Waals surface area contributed by atoms with Gasteiger partial charge in [0, 0.05) is 13.2 Å². The summed E-state index contributed by atoms with van der Waals surface area (Å²) in [6.45, 7) is 5.45. The van der Waals surface area contributed by atoms with Crippen LogP contribution in [0.15, 0.2) is 0 Å². The van der Waals surface area contributed by atoms with Crippen LogP contribution in [-0.2, 0) is 0 Å². The molecule has 0 atom stereocenters. The second-order valence-electron chi connectivity index (χ2n) is 2.94. The van der Waals surface area contributed by atoms with Crippen molar-refractivity contribution in [3.63, 3.8) is 0 Å². The molecule has 3 nitrogen and oxygen atoms in total. The zero-order valence-electron chi connectivity index (χ0n) is 8.00. The van der Waals surface area contributed by atoms with Gasteiger partial charge in [-0.1, -0.05) is 6.92 Å². The maximum absolute atomic E-state index is 8.69. The Hall–Kier alpha value is -0.120. The van der Waals surface area contributed by atoms with Crippen molar-refractivity contribution >= 4 is 0 Å². The second-order valence-corrected chi connectivity index (χ2v) is 2.94. The van der Waals surface area contributed by atoms with Crippen LogP contribution in [0.25, 0.3) is 0 Å². The largest absolute Gasteiger partial charge is 0.396 e. The molecule has 0 heterocycles. The Kier molecular flexibility index (Phi) is 8.88. The molecule has 0 spiro atoms. The van der Waals surface area contributed by atoms with E-state index in [1.165, 1.54) is 0 Å². The summed E-state index contributed by atoms with van der Waals surface area (Å²) in [5, 5.41) is 17.2. The van der Waals surface area contributed by atoms with Gasteiger partial charge in [0.2, 0.25) is 0 Å². The summed E-state index contributed by atoms with van der Waals surface area (Å²) >= 11 is 0. The van der Waals surface area contributed by atoms with Crippen LogP contribution >= 0.6 is 0 Å². The molecule has 0 aliphatic heterocycles. The van der Waals surface area contributed by atoms with Gasteiger partial charge in [0.15, 0.2) is 0 Å². The lowest BCUT2D eigenvalue weighted by Crippen LogP contribution is -2.27. The third-order valence-electron chi connectivity index (χ3n) is 2.00. The summed E-state index contributed by atoms with van der Waals surface area (Å²) in [6.07, 6.45) is 3.10. The van der Waals surface area contributed by atoms with E-state index in [1.807, 2.05) is 0 Å². The van der Waals surface area contributed by atoms with Crippen molar-refractivity contribution in [2.75, 3.05) is 32.8 Å². The summed E-state index contributed by atoms with van der Waals surface area (Å²) < 4.78 is 0. The average Bonchev–Trinajstić information content (AvgIpc) is 2.10. The van der Waals surface area contributed by atoms with Crippen LogP contribution in [0.1, 0.15) is 26.2 Å². The van der Waals surface area contributed by atoms with Gasteiger partial charge >= 0.3 is 0 Å². The predicted octanol–water partition coefficient (Wildman–Crippen LogP) is 0.463. The number of aliphatic hydroxyl groups is 2. The Balaban J connectivity index is 3.19. The zero-order valence-corrected chi connectivity index (χ0v) is 8.00. The van der Waals surface area contributed by atoms with E-state index in [0.717, 1.165) is 38.9 Å². The Labute approximate surface area is 75.0 Å². The summed E-state index contributed by atoms with van der Waals surface area (Å²) in [5.41, 5.74) is 0. The van der Waals surface area contributed by atoms with E-state index in [2.05, 4.69) is 11.8 Å². The smallest absolute Gasteiger partial charge is 0.0558 e. The molecular weight excluding hydrogens is 154 g/mol. The first kappa shape index (κ1) is 11.9. The fourth-order valence-electron chi connectivity index (χ4n) is 1.19. The lowest BCUT2D eigenvalue weighted by atomic mass is 10.2. The van der Waals surface area contributed by atoms with Crippen LogP contribution in [0.5, 0.6) is 0 Å². The van der Waals surface area contributed by atoms with E-state index in [9.17, 15) is 0 Å². The van der Waals surface area contributed by atoms with Crippen molar-refractivity contribution in [3.8, 4) is 0 Å². The van der Waals surface area contributed by atoms with Gasteiger partial charge in [-0.25, -0.2) is 0 Å². The second kappa shape index (κ2) is 8.97. The van der Waals surface area contributed by atoms with Gasteiger partial charge in [0.1, 0.15) is 0 Å². The van der Waals surface area contributed by atoms with E-state index in [1.54, 1.807) is 0 Å². The predicted molar refractivity (Wildman–Crippen MR) is 50.1 cm³/mol. The zero-order chi connectivity index (χ0) is 9.23. The molecule has 0 saturated heterocycles. The molecule has 2 N–H and O–H groups in total. The topological polar surface area (TPSA) is 43.7 Å². The number of unbranched alkanes of at least 4 members (excludes halogenated alkanes) is 2. The fourth-order valence-corrected chi connectivity index (χ4v) is 1.19. The monoisotopic (exact) mass is 175 g/mol. The summed E-state index contributed by atoms with van der Waals surface area (Å²) in [4.78, 5) is 2.22. The van der Waals surface area contributed by atoms with Crippen LogP contribution in [0.3, 0.4) is 0 Å². The number of rotatable bonds is 8. The number of nitrogens with zero attached hydrogens (tertiary/aromatic N) is 1. The third kappa shape index (κ3) is 6.58. The maximum Gasteiger partial charge on any atom is 0.0558 e. The first-order valence-electron chi connectivity index (χ1n) is 4.79. The van der Waals surface area contributed by atoms with Gasteiger partial charge < -0.3 is 15.1 Å². The molecule has 0 amide bonds. The fraction of sp³-hybridized carbons (Fsp3) is 1.00. The number of aliphatic hydroxyl groups excluding tert-OH is 2. The highest BCUT2D eigenvalue weighted by molar-refractivity contribution is 4.54. The molecule has 0 aromatic heterocycles. The van der Waals surface area contributed by atoms with Gasteiger partial charge in [0.05, 0.1) is 6.61 Å². The first-order chi connectivity index (χ1) is 5.85. The van der Waals surface area contributed by atoms with E-state index in [4.69, 9.17) is 10.2 Å². The number of hydrogen-bond donors (Lipinski definition) is 2. The highest BCUT2D eigenvalue weighted by Gasteiger charge is 1.99. The van der Waals surface area contributed by atoms with Gasteiger partial charge in [0.25, 0.3) is 0 Å². The molecule has 0 aliphatic rings. The van der Waals surface area contributed by atoms with Crippen LogP contribution in [0.2, 0.25) is 0 Å². The molecular formula is C9H21NO2. The molecule has 0 aliphatic carbocycles. The van der Waals surface area contributed by atoms with E-state index in [0.29, 0.717) is 6.61 Å². The van der Waals surface area contributed by atoms with Crippen LogP contribution in [-0.4, -0.2) is 48.0 Å². The Morgan fingerprint density at radius 3 is 2.17 bits per heavy atom. The molecule has 0 bridgehead atoms. The van der Waals surface area contributed by atoms with Gasteiger partial charge in [-0.15, -0.1) is 0 Å². The summed E-state index contributed by atoms with van der Waals surface area (Å²) in [6, 6.07) is 0. The molecule has 0 fully saturated rings. The highest BCUT2D eigenvalue weighted by atomic mass is 16.3. The summed E-state index contributed by atoms with van der Waals surface area (Å²) in [5.74, 6) is 0. The van der Waals surface area contributed by atoms with E-state index in [-0.39, 0.29) is 6.61 Å². The Bertz CT molecular complexity index is 88.6. The normalized spacial score (nSPS) is 11.0. The van der Waals surface area contributed by atoms with Crippen LogP contribution < -0.4 is 0 Å². The molecule has 74 valence electrons. The van der Waals surface area contributed by atoms with E-state index >= 15 is 0 Å². The molecule has 3 heteroatoms. The molecule has 0 aromatic rings. The molecule has 0 aromatic carbocycles. The first-order valence-corrected chi connectivity index (χ1v) is 4.79. The molecule has 0 radical (unpaired) electrons. The van der Waals surface area contributed by atoms with Crippen molar-refractivity contribution in [1.29, 1.82) is 0 Å². The van der Waals surface area contributed by atoms with Crippen molar-refractivity contribution in [3.05, 3.63) is 0 Å².